The molecule has 0 N–H and O–H groups in total. The first kappa shape index (κ1) is 12.0. The van der Waals surface area contributed by atoms with Gasteiger partial charge in [-0.05, 0) is 20.8 Å². The summed E-state index contributed by atoms with van der Waals surface area (Å²) in [5.74, 6) is 0. The van der Waals surface area contributed by atoms with Crippen LogP contribution in [-0.4, -0.2) is 14.6 Å². The summed E-state index contributed by atoms with van der Waals surface area (Å²) in [6.07, 6.45) is 5.58. The van der Waals surface area contributed by atoms with Crippen molar-refractivity contribution in [2.24, 2.45) is 0 Å². The normalized spacial score (nSPS) is 13.3. The lowest BCUT2D eigenvalue weighted by atomic mass is 10.1. The van der Waals surface area contributed by atoms with Crippen LogP contribution in [0.1, 0.15) is 41.5 Å². The molecule has 0 amide bonds. The summed E-state index contributed by atoms with van der Waals surface area (Å²) in [5, 5.41) is 0. The van der Waals surface area contributed by atoms with E-state index in [9.17, 15) is 0 Å². The van der Waals surface area contributed by atoms with Gasteiger partial charge in [-0.15, -0.1) is 9.36 Å². The molecule has 0 fully saturated rings. The van der Waals surface area contributed by atoms with Gasteiger partial charge in [0.2, 0.25) is 6.20 Å². The average molecular weight is 233 g/mol. The zero-order chi connectivity index (χ0) is 12.8. The van der Waals surface area contributed by atoms with E-state index in [1.807, 2.05) is 6.20 Å². The highest BCUT2D eigenvalue weighted by atomic mass is 15.5. The Morgan fingerprint density at radius 1 is 1.12 bits per heavy atom. The van der Waals surface area contributed by atoms with Gasteiger partial charge in [0.25, 0.3) is 0 Å². The predicted molar refractivity (Wildman–Crippen MR) is 67.7 cm³/mol. The van der Waals surface area contributed by atoms with Gasteiger partial charge < -0.3 is 0 Å². The number of aromatic nitrogens is 4. The van der Waals surface area contributed by atoms with Crippen molar-refractivity contribution in [3.05, 3.63) is 18.7 Å². The number of hydrogen-bond donors (Lipinski definition) is 0. The third kappa shape index (κ3) is 2.04. The van der Waals surface area contributed by atoms with E-state index in [1.165, 1.54) is 0 Å². The molecule has 0 aliphatic rings. The van der Waals surface area contributed by atoms with Crippen molar-refractivity contribution in [3.63, 3.8) is 0 Å². The topological polar surface area (TPSA) is 34.6 Å². The Hall–Kier alpha value is -1.45. The minimum atomic E-state index is -0.000255. The molecule has 4 nitrogen and oxygen atoms in total. The maximum absolute atomic E-state index is 4.34. The van der Waals surface area contributed by atoms with Gasteiger partial charge >= 0.3 is 0 Å². The first-order valence-corrected chi connectivity index (χ1v) is 5.95. The molecule has 0 atom stereocenters. The fourth-order valence-corrected chi connectivity index (χ4v) is 2.06. The van der Waals surface area contributed by atoms with Crippen molar-refractivity contribution in [2.75, 3.05) is 0 Å². The lowest BCUT2D eigenvalue weighted by molar-refractivity contribution is -0.828. The molecule has 17 heavy (non-hydrogen) atoms. The molecule has 2 aromatic heterocycles. The molecule has 0 aliphatic carbocycles. The number of hydrogen-bond acceptors (Lipinski definition) is 2. The number of rotatable bonds is 0. The maximum atomic E-state index is 4.34. The monoisotopic (exact) mass is 233 g/mol. The molecule has 92 valence electrons. The average Bonchev–Trinajstić information content (AvgIpc) is 2.54. The smallest absolute Gasteiger partial charge is 0.222 e. The highest BCUT2D eigenvalue weighted by Gasteiger charge is 2.34. The summed E-state index contributed by atoms with van der Waals surface area (Å²) in [7, 11) is 0. The van der Waals surface area contributed by atoms with Gasteiger partial charge in [-0.25, -0.2) is 9.97 Å². The van der Waals surface area contributed by atoms with Crippen LogP contribution in [0.25, 0.3) is 11.0 Å². The summed E-state index contributed by atoms with van der Waals surface area (Å²) < 4.78 is 4.51. The van der Waals surface area contributed by atoms with Gasteiger partial charge in [-0.1, -0.05) is 0 Å². The van der Waals surface area contributed by atoms with E-state index in [1.54, 1.807) is 6.33 Å². The minimum absolute atomic E-state index is 0.000255. The highest BCUT2D eigenvalue weighted by Crippen LogP contribution is 2.21. The van der Waals surface area contributed by atoms with E-state index in [-0.39, 0.29) is 11.1 Å². The molecule has 0 spiro atoms. The zero-order valence-corrected chi connectivity index (χ0v) is 11.5. The molecular weight excluding hydrogens is 212 g/mol. The van der Waals surface area contributed by atoms with Gasteiger partial charge in [-0.3, -0.25) is 0 Å². The molecule has 0 radical (unpaired) electrons. The molecule has 0 aromatic carbocycles. The molecule has 0 saturated heterocycles. The van der Waals surface area contributed by atoms with Crippen LogP contribution >= 0.6 is 0 Å². The summed E-state index contributed by atoms with van der Waals surface area (Å²) in [6.45, 7) is 13.2. The van der Waals surface area contributed by atoms with E-state index in [0.717, 1.165) is 11.0 Å². The molecule has 4 heteroatoms. The van der Waals surface area contributed by atoms with Crippen molar-refractivity contribution >= 4 is 11.0 Å². The summed E-state index contributed by atoms with van der Waals surface area (Å²) >= 11 is 0. The van der Waals surface area contributed by atoms with Crippen molar-refractivity contribution in [1.82, 2.24) is 14.6 Å². The van der Waals surface area contributed by atoms with E-state index in [4.69, 9.17) is 0 Å². The predicted octanol–water partition coefficient (Wildman–Crippen LogP) is 2.23. The molecule has 2 heterocycles. The van der Waals surface area contributed by atoms with Crippen LogP contribution in [0.15, 0.2) is 18.7 Å². The molecule has 0 bridgehead atoms. The van der Waals surface area contributed by atoms with Crippen LogP contribution in [0.3, 0.4) is 0 Å². The molecule has 0 unspecified atom stereocenters. The van der Waals surface area contributed by atoms with Gasteiger partial charge in [0.1, 0.15) is 11.8 Å². The van der Waals surface area contributed by atoms with Crippen molar-refractivity contribution in [2.45, 2.75) is 52.6 Å². The standard InChI is InChI=1S/C13H21N4/c1-12(2,3)16-8-10-11(7-14-9-15-10)17(16)13(4,5)6/h7-9H,1-6H3/q+1. The lowest BCUT2D eigenvalue weighted by Crippen LogP contribution is -2.59. The summed E-state index contributed by atoms with van der Waals surface area (Å²) in [6, 6.07) is 0. The van der Waals surface area contributed by atoms with Crippen molar-refractivity contribution < 1.29 is 4.68 Å². The Bertz CT molecular complexity index is 541. The molecule has 0 aliphatic heterocycles. The van der Waals surface area contributed by atoms with E-state index in [0.29, 0.717) is 0 Å². The summed E-state index contributed by atoms with van der Waals surface area (Å²) in [5.41, 5.74) is 2.09. The molecule has 0 saturated carbocycles. The van der Waals surface area contributed by atoms with Gasteiger partial charge in [0.15, 0.2) is 11.1 Å². The minimum Gasteiger partial charge on any atom is -0.242 e. The quantitative estimate of drug-likeness (QED) is 0.654. The van der Waals surface area contributed by atoms with Crippen LogP contribution < -0.4 is 4.68 Å². The number of nitrogens with zero attached hydrogens (tertiary/aromatic N) is 4. The van der Waals surface area contributed by atoms with E-state index >= 15 is 0 Å². The Morgan fingerprint density at radius 2 is 1.76 bits per heavy atom. The fraction of sp³-hybridized carbons (Fsp3) is 0.615. The van der Waals surface area contributed by atoms with E-state index < -0.39 is 0 Å². The second kappa shape index (κ2) is 3.52. The lowest BCUT2D eigenvalue weighted by Gasteiger charge is -2.23. The largest absolute Gasteiger partial charge is 0.242 e. The van der Waals surface area contributed by atoms with Crippen molar-refractivity contribution in [3.8, 4) is 0 Å². The number of fused-ring (bicyclic) bond motifs is 1. The maximum Gasteiger partial charge on any atom is 0.222 e. The van der Waals surface area contributed by atoms with Crippen LogP contribution in [0.2, 0.25) is 0 Å². The zero-order valence-electron chi connectivity index (χ0n) is 11.5. The Labute approximate surface area is 102 Å². The third-order valence-electron chi connectivity index (χ3n) is 2.73. The van der Waals surface area contributed by atoms with Crippen LogP contribution in [0.5, 0.6) is 0 Å². The summed E-state index contributed by atoms with van der Waals surface area (Å²) in [4.78, 5) is 8.47. The first-order chi connectivity index (χ1) is 7.71. The molecule has 2 rings (SSSR count). The van der Waals surface area contributed by atoms with Crippen LogP contribution in [0.4, 0.5) is 0 Å². The Kier molecular flexibility index (Phi) is 2.49. The van der Waals surface area contributed by atoms with Gasteiger partial charge in [0, 0.05) is 20.8 Å². The third-order valence-corrected chi connectivity index (χ3v) is 2.73. The van der Waals surface area contributed by atoms with Gasteiger partial charge in [-0.2, -0.15) is 0 Å². The second-order valence-electron chi connectivity index (χ2n) is 6.42. The van der Waals surface area contributed by atoms with Crippen LogP contribution in [0, 0.1) is 0 Å². The van der Waals surface area contributed by atoms with Crippen LogP contribution in [-0.2, 0) is 11.1 Å². The fourth-order valence-electron chi connectivity index (χ4n) is 2.06. The van der Waals surface area contributed by atoms with Crippen molar-refractivity contribution in [1.29, 1.82) is 0 Å². The van der Waals surface area contributed by atoms with Gasteiger partial charge in [0.05, 0.1) is 11.7 Å². The SMILES string of the molecule is CC(C)(C)n1c2cncnc2c[n+]1C(C)(C)C. The Balaban J connectivity index is 2.84. The molecular formula is C13H21N4+. The highest BCUT2D eigenvalue weighted by molar-refractivity contribution is 5.71. The molecule has 2 aromatic rings. The Morgan fingerprint density at radius 3 is 2.29 bits per heavy atom. The second-order valence-corrected chi connectivity index (χ2v) is 6.42. The first-order valence-electron chi connectivity index (χ1n) is 5.95. The van der Waals surface area contributed by atoms with E-state index in [2.05, 4.69) is 67.1 Å².